The molecule has 12 heteroatoms. The number of rotatable bonds is 6. The monoisotopic (exact) mass is 403 g/mol. The number of halogens is 1. The molecule has 0 aliphatic rings. The van der Waals surface area contributed by atoms with Gasteiger partial charge in [0, 0.05) is 11.0 Å². The van der Waals surface area contributed by atoms with Crippen molar-refractivity contribution < 1.29 is 18.3 Å². The summed E-state index contributed by atoms with van der Waals surface area (Å²) in [6.45, 7) is 0. The highest BCUT2D eigenvalue weighted by molar-refractivity contribution is 8.00. The first-order valence-electron chi connectivity index (χ1n) is 6.50. The Kier molecular flexibility index (Phi) is 5.62. The zero-order chi connectivity index (χ0) is 18.8. The van der Waals surface area contributed by atoms with Gasteiger partial charge in [0.05, 0.1) is 9.85 Å². The van der Waals surface area contributed by atoms with Crippen molar-refractivity contribution >= 4 is 44.8 Å². The van der Waals surface area contributed by atoms with Gasteiger partial charge < -0.3 is 0 Å². The molecule has 0 aliphatic carbocycles. The maximum atomic E-state index is 12.3. The van der Waals surface area contributed by atoms with Crippen LogP contribution in [0.25, 0.3) is 0 Å². The van der Waals surface area contributed by atoms with E-state index < -0.39 is 41.2 Å². The van der Waals surface area contributed by atoms with E-state index in [1.807, 2.05) is 4.72 Å². The molecule has 2 aromatic rings. The highest BCUT2D eigenvalue weighted by atomic mass is 35.5. The smallest absolute Gasteiger partial charge is 0.258 e. The Hall–Kier alpha value is -2.21. The number of sulfonamides is 1. The van der Waals surface area contributed by atoms with E-state index in [4.69, 9.17) is 11.6 Å². The van der Waals surface area contributed by atoms with Crippen LogP contribution in [-0.4, -0.2) is 25.3 Å². The SMILES string of the molecule is CNS(=O)(=O)c1cc([N+](=O)[O-])c(Cl)c([N+](=O)[O-])c1Sc1ccccc1. The van der Waals surface area contributed by atoms with Crippen LogP contribution >= 0.6 is 23.4 Å². The largest absolute Gasteiger partial charge is 0.310 e. The normalized spacial score (nSPS) is 11.3. The van der Waals surface area contributed by atoms with E-state index in [1.165, 1.54) is 0 Å². The molecule has 0 aliphatic heterocycles. The molecule has 0 bridgehead atoms. The molecule has 2 aromatic carbocycles. The van der Waals surface area contributed by atoms with Crippen molar-refractivity contribution in [2.24, 2.45) is 0 Å². The van der Waals surface area contributed by atoms with Crippen LogP contribution in [0.5, 0.6) is 0 Å². The molecular formula is C13H10ClN3O6S2. The van der Waals surface area contributed by atoms with Gasteiger partial charge >= 0.3 is 5.69 Å². The van der Waals surface area contributed by atoms with Gasteiger partial charge in [0.25, 0.3) is 5.69 Å². The summed E-state index contributed by atoms with van der Waals surface area (Å²) in [6.07, 6.45) is 0. The van der Waals surface area contributed by atoms with E-state index in [9.17, 15) is 28.6 Å². The van der Waals surface area contributed by atoms with Crippen LogP contribution in [0.1, 0.15) is 0 Å². The molecule has 132 valence electrons. The van der Waals surface area contributed by atoms with Crippen LogP contribution < -0.4 is 4.72 Å². The van der Waals surface area contributed by atoms with E-state index >= 15 is 0 Å². The third-order valence-electron chi connectivity index (χ3n) is 3.04. The van der Waals surface area contributed by atoms with Gasteiger partial charge in [-0.15, -0.1) is 0 Å². The third kappa shape index (κ3) is 3.90. The summed E-state index contributed by atoms with van der Waals surface area (Å²) in [7, 11) is -3.12. The number of nitrogens with one attached hydrogen (secondary N) is 1. The average molecular weight is 404 g/mol. The highest BCUT2D eigenvalue weighted by Crippen LogP contribution is 2.47. The fourth-order valence-corrected chi connectivity index (χ4v) is 4.49. The molecule has 0 aromatic heterocycles. The maximum absolute atomic E-state index is 12.3. The molecule has 0 radical (unpaired) electrons. The van der Waals surface area contributed by atoms with Gasteiger partial charge in [0.15, 0.2) is 5.02 Å². The summed E-state index contributed by atoms with van der Waals surface area (Å²) in [6, 6.07) is 8.97. The van der Waals surface area contributed by atoms with E-state index in [1.54, 1.807) is 30.3 Å². The minimum Gasteiger partial charge on any atom is -0.258 e. The maximum Gasteiger partial charge on any atom is 0.310 e. The van der Waals surface area contributed by atoms with Gasteiger partial charge in [-0.3, -0.25) is 20.2 Å². The lowest BCUT2D eigenvalue weighted by Gasteiger charge is -2.11. The lowest BCUT2D eigenvalue weighted by Crippen LogP contribution is -2.20. The molecule has 0 saturated heterocycles. The van der Waals surface area contributed by atoms with Gasteiger partial charge in [-0.25, -0.2) is 13.1 Å². The second-order valence-electron chi connectivity index (χ2n) is 4.52. The minimum absolute atomic E-state index is 0.304. The second-order valence-corrected chi connectivity index (χ2v) is 7.84. The van der Waals surface area contributed by atoms with Crippen molar-refractivity contribution in [2.75, 3.05) is 7.05 Å². The molecule has 0 spiro atoms. The first kappa shape index (κ1) is 19.1. The van der Waals surface area contributed by atoms with Gasteiger partial charge in [-0.05, 0) is 19.2 Å². The van der Waals surface area contributed by atoms with Gasteiger partial charge in [-0.1, -0.05) is 41.6 Å². The van der Waals surface area contributed by atoms with E-state index in [0.29, 0.717) is 11.0 Å². The molecule has 1 N–H and O–H groups in total. The number of nitro groups is 2. The first-order chi connectivity index (χ1) is 11.7. The molecule has 9 nitrogen and oxygen atoms in total. The van der Waals surface area contributed by atoms with Crippen LogP contribution in [0, 0.1) is 20.2 Å². The summed E-state index contributed by atoms with van der Waals surface area (Å²) in [5.74, 6) is 0. The average Bonchev–Trinajstić information content (AvgIpc) is 2.55. The van der Waals surface area contributed by atoms with Crippen LogP contribution in [0.3, 0.4) is 0 Å². The third-order valence-corrected chi connectivity index (χ3v) is 6.11. The Labute approximate surface area is 151 Å². The van der Waals surface area contributed by atoms with Crippen LogP contribution in [0.15, 0.2) is 51.1 Å². The van der Waals surface area contributed by atoms with Crippen molar-refractivity contribution in [2.45, 2.75) is 14.7 Å². The van der Waals surface area contributed by atoms with Gasteiger partial charge in [-0.2, -0.15) is 0 Å². The predicted octanol–water partition coefficient (Wildman–Crippen LogP) is 3.22. The topological polar surface area (TPSA) is 132 Å². The molecule has 0 amide bonds. The van der Waals surface area contributed by atoms with Gasteiger partial charge in [0.2, 0.25) is 10.0 Å². The molecule has 2 rings (SSSR count). The van der Waals surface area contributed by atoms with Crippen molar-refractivity contribution in [1.82, 2.24) is 4.72 Å². The van der Waals surface area contributed by atoms with E-state index in [0.717, 1.165) is 18.8 Å². The number of nitrogens with zero attached hydrogens (tertiary/aromatic N) is 2. The summed E-state index contributed by atoms with van der Waals surface area (Å²) in [5, 5.41) is 21.8. The second kappa shape index (κ2) is 7.35. The van der Waals surface area contributed by atoms with E-state index in [-0.39, 0.29) is 4.90 Å². The highest BCUT2D eigenvalue weighted by Gasteiger charge is 2.35. The number of nitro benzene ring substituents is 2. The minimum atomic E-state index is -4.22. The van der Waals surface area contributed by atoms with Crippen molar-refractivity contribution in [3.63, 3.8) is 0 Å². The fourth-order valence-electron chi connectivity index (χ4n) is 1.90. The standard InChI is InChI=1S/C13H10ClN3O6S2/c1-15-25(22,23)10-7-9(16(18)19)11(14)12(17(20)21)13(10)24-8-5-3-2-4-6-8/h2-7,15H,1H3. The number of hydrogen-bond donors (Lipinski definition) is 1. The van der Waals surface area contributed by atoms with Crippen LogP contribution in [-0.2, 0) is 10.0 Å². The number of hydrogen-bond acceptors (Lipinski definition) is 7. The zero-order valence-corrected chi connectivity index (χ0v) is 14.9. The molecule has 0 atom stereocenters. The van der Waals surface area contributed by atoms with Crippen molar-refractivity contribution in [1.29, 1.82) is 0 Å². The number of benzene rings is 2. The predicted molar refractivity (Wildman–Crippen MR) is 91.6 cm³/mol. The molecule has 0 fully saturated rings. The first-order valence-corrected chi connectivity index (χ1v) is 9.18. The lowest BCUT2D eigenvalue weighted by atomic mass is 10.3. The Morgan fingerprint density at radius 1 is 1.12 bits per heavy atom. The van der Waals surface area contributed by atoms with Crippen molar-refractivity contribution in [3.05, 3.63) is 61.6 Å². The van der Waals surface area contributed by atoms with Crippen LogP contribution in [0.4, 0.5) is 11.4 Å². The molecule has 0 saturated carbocycles. The van der Waals surface area contributed by atoms with Crippen molar-refractivity contribution in [3.8, 4) is 0 Å². The quantitative estimate of drug-likeness (QED) is 0.578. The fraction of sp³-hybridized carbons (Fsp3) is 0.0769. The Balaban J connectivity index is 2.88. The summed E-state index contributed by atoms with van der Waals surface area (Å²) in [5.41, 5.74) is -1.70. The lowest BCUT2D eigenvalue weighted by molar-refractivity contribution is -0.396. The Bertz CT molecular complexity index is 950. The summed E-state index contributed by atoms with van der Waals surface area (Å²) >= 11 is 6.60. The van der Waals surface area contributed by atoms with E-state index in [2.05, 4.69) is 0 Å². The zero-order valence-electron chi connectivity index (χ0n) is 12.5. The Morgan fingerprint density at radius 2 is 1.72 bits per heavy atom. The Morgan fingerprint density at radius 3 is 2.20 bits per heavy atom. The molecule has 0 heterocycles. The van der Waals surface area contributed by atoms with Crippen LogP contribution in [0.2, 0.25) is 5.02 Å². The summed E-state index contributed by atoms with van der Waals surface area (Å²) in [4.78, 5) is 20.3. The molecule has 25 heavy (non-hydrogen) atoms. The van der Waals surface area contributed by atoms with Gasteiger partial charge in [0.1, 0.15) is 9.79 Å². The summed E-state index contributed by atoms with van der Waals surface area (Å²) < 4.78 is 26.5. The molecule has 0 unspecified atom stereocenters. The molecular weight excluding hydrogens is 394 g/mol.